The van der Waals surface area contributed by atoms with Gasteiger partial charge in [-0.25, -0.2) is 28.0 Å². The molecule has 2 aliphatic rings. The number of rotatable bonds is 4. The van der Waals surface area contributed by atoms with Crippen LogP contribution in [0.4, 0.5) is 33.6 Å². The summed E-state index contributed by atoms with van der Waals surface area (Å²) in [5.41, 5.74) is -0.594. The van der Waals surface area contributed by atoms with Gasteiger partial charge in [0.2, 0.25) is 11.9 Å². The van der Waals surface area contributed by atoms with Crippen molar-refractivity contribution in [2.24, 2.45) is 9.98 Å². The highest BCUT2D eigenvalue weighted by Gasteiger charge is 2.28. The first-order chi connectivity index (χ1) is 29.4. The molecule has 0 spiro atoms. The smallest absolute Gasteiger partial charge is 0.437 e. The summed E-state index contributed by atoms with van der Waals surface area (Å²) in [6.45, 7) is 22.9. The van der Waals surface area contributed by atoms with Gasteiger partial charge >= 0.3 is 24.4 Å². The zero-order valence-electron chi connectivity index (χ0n) is 39.0. The molecule has 4 rings (SSSR count). The number of alkyl carbamates (subject to hydrolysis) is 2. The standard InChI is InChI=1S/C46H61F2N7O9/c1-27-24-30(28-16-20-54(21-17-28)37(50-39(57)61-43(2,3)4)51-40(58)62-44(5,6)7)14-15-32(27)36(56)49-31-25-33(47)35(34(48)26-31)29-18-22-55(23-19-29)38(52-41(59)63-45(8,9)10)53-42(60)64-46(11,12)13/h14-16,18,24-26H,17,19-23H2,1-13H3,(H,49,56)(H,50,51,57,58)(H,52,53,59,60). The Labute approximate surface area is 373 Å². The van der Waals surface area contributed by atoms with Gasteiger partial charge in [-0.15, -0.1) is 9.98 Å². The number of nitrogens with zero attached hydrogens (tertiary/aromatic N) is 4. The van der Waals surface area contributed by atoms with Gasteiger partial charge in [-0.2, -0.15) is 0 Å². The van der Waals surface area contributed by atoms with Crippen molar-refractivity contribution in [1.29, 1.82) is 0 Å². The van der Waals surface area contributed by atoms with Crippen LogP contribution in [-0.4, -0.2) is 101 Å². The Morgan fingerprint density at radius 1 is 0.609 bits per heavy atom. The second-order valence-electron chi connectivity index (χ2n) is 19.2. The van der Waals surface area contributed by atoms with Crippen molar-refractivity contribution in [1.82, 2.24) is 20.4 Å². The SMILES string of the molecule is Cc1cc(C2=CCN(C(=NC(=O)OC(C)(C)C)NC(=O)OC(C)(C)C)CC2)ccc1C(=O)Nc1cc(F)c(C2=CCN(C(=NC(=O)OC(C)(C)C)NC(=O)OC(C)(C)C)CC2)c(F)c1. The summed E-state index contributed by atoms with van der Waals surface area (Å²) >= 11 is 0. The molecule has 16 nitrogen and oxygen atoms in total. The molecule has 0 saturated carbocycles. The van der Waals surface area contributed by atoms with Gasteiger partial charge in [-0.3, -0.25) is 15.4 Å². The van der Waals surface area contributed by atoms with Crippen LogP contribution in [0.5, 0.6) is 0 Å². The number of anilines is 1. The quantitative estimate of drug-likeness (QED) is 0.151. The first kappa shape index (κ1) is 50.3. The van der Waals surface area contributed by atoms with Crippen molar-refractivity contribution in [3.05, 3.63) is 76.4 Å². The molecular weight excluding hydrogens is 833 g/mol. The maximum Gasteiger partial charge on any atom is 0.437 e. The van der Waals surface area contributed by atoms with Crippen LogP contribution in [0.15, 0.2) is 52.5 Å². The third-order valence-electron chi connectivity index (χ3n) is 8.89. The maximum absolute atomic E-state index is 15.7. The lowest BCUT2D eigenvalue weighted by molar-refractivity contribution is 0.0536. The minimum Gasteiger partial charge on any atom is -0.444 e. The van der Waals surface area contributed by atoms with Crippen molar-refractivity contribution in [3.8, 4) is 0 Å². The summed E-state index contributed by atoms with van der Waals surface area (Å²) in [6.07, 6.45) is 0.650. The van der Waals surface area contributed by atoms with Crippen LogP contribution in [0.3, 0.4) is 0 Å². The Morgan fingerprint density at radius 3 is 1.41 bits per heavy atom. The number of aryl methyl sites for hydroxylation is 1. The molecule has 64 heavy (non-hydrogen) atoms. The van der Waals surface area contributed by atoms with Crippen molar-refractivity contribution < 1.29 is 51.7 Å². The van der Waals surface area contributed by atoms with Crippen molar-refractivity contribution >= 4 is 59.0 Å². The average Bonchev–Trinajstić information content (AvgIpc) is 3.11. The lowest BCUT2D eigenvalue weighted by atomic mass is 9.95. The lowest BCUT2D eigenvalue weighted by Crippen LogP contribution is -2.48. The van der Waals surface area contributed by atoms with E-state index in [0.29, 0.717) is 29.7 Å². The van der Waals surface area contributed by atoms with Crippen LogP contribution < -0.4 is 16.0 Å². The van der Waals surface area contributed by atoms with Gasteiger partial charge in [0, 0.05) is 43.0 Å². The molecule has 2 aliphatic heterocycles. The van der Waals surface area contributed by atoms with Crippen molar-refractivity contribution in [2.45, 2.75) is 125 Å². The molecule has 5 amide bonds. The molecule has 3 N–H and O–H groups in total. The van der Waals surface area contributed by atoms with E-state index in [1.807, 2.05) is 12.1 Å². The van der Waals surface area contributed by atoms with E-state index in [1.165, 1.54) is 0 Å². The third kappa shape index (κ3) is 15.8. The first-order valence-electron chi connectivity index (χ1n) is 20.9. The molecule has 0 saturated heterocycles. The lowest BCUT2D eigenvalue weighted by Gasteiger charge is -2.30. The number of halogens is 2. The maximum atomic E-state index is 15.7. The predicted octanol–water partition coefficient (Wildman–Crippen LogP) is 9.34. The van der Waals surface area contributed by atoms with E-state index in [1.54, 1.807) is 118 Å². The van der Waals surface area contributed by atoms with Gasteiger partial charge in [0.05, 0.1) is 0 Å². The molecule has 0 unspecified atom stereocenters. The fourth-order valence-corrected chi connectivity index (χ4v) is 6.37. The topological polar surface area (TPSA) is 190 Å². The highest BCUT2D eigenvalue weighted by molar-refractivity contribution is 6.06. The second kappa shape index (κ2) is 20.0. The number of amides is 5. The Morgan fingerprint density at radius 2 is 1.03 bits per heavy atom. The van der Waals surface area contributed by atoms with E-state index < -0.39 is 64.3 Å². The molecule has 2 aromatic carbocycles. The van der Waals surface area contributed by atoms with Gasteiger partial charge in [0.25, 0.3) is 5.91 Å². The highest BCUT2D eigenvalue weighted by atomic mass is 19.1. The Bertz CT molecular complexity index is 2240. The van der Waals surface area contributed by atoms with Gasteiger partial charge in [0.15, 0.2) is 0 Å². The number of benzene rings is 2. The fourth-order valence-electron chi connectivity index (χ4n) is 6.37. The zero-order chi connectivity index (χ0) is 47.9. The van der Waals surface area contributed by atoms with Crippen LogP contribution in [0.1, 0.15) is 123 Å². The average molecular weight is 894 g/mol. The summed E-state index contributed by atoms with van der Waals surface area (Å²) in [5.74, 6) is -2.52. The van der Waals surface area contributed by atoms with Crippen LogP contribution in [0.25, 0.3) is 11.1 Å². The number of hydrogen-bond donors (Lipinski definition) is 3. The molecule has 18 heteroatoms. The van der Waals surface area contributed by atoms with E-state index in [9.17, 15) is 24.0 Å². The minimum atomic E-state index is -0.946. The summed E-state index contributed by atoms with van der Waals surface area (Å²) in [4.78, 5) is 75.1. The number of carbonyl (C=O) groups is 5. The highest BCUT2D eigenvalue weighted by Crippen LogP contribution is 2.31. The van der Waals surface area contributed by atoms with Crippen LogP contribution >= 0.6 is 0 Å². The first-order valence-corrected chi connectivity index (χ1v) is 20.9. The fraction of sp³-hybridized carbons (Fsp3) is 0.500. The van der Waals surface area contributed by atoms with Crippen LogP contribution in [0, 0.1) is 18.6 Å². The Hall–Kier alpha value is -6.33. The normalized spacial score (nSPS) is 15.4. The second-order valence-corrected chi connectivity index (χ2v) is 19.2. The molecule has 0 atom stereocenters. The van der Waals surface area contributed by atoms with Gasteiger partial charge in [-0.05, 0) is 143 Å². The zero-order valence-corrected chi connectivity index (χ0v) is 39.0. The molecule has 0 aliphatic carbocycles. The van der Waals surface area contributed by atoms with Crippen molar-refractivity contribution in [2.75, 3.05) is 31.5 Å². The molecule has 0 bridgehead atoms. The van der Waals surface area contributed by atoms with E-state index in [0.717, 1.165) is 23.3 Å². The molecule has 0 fully saturated rings. The van der Waals surface area contributed by atoms with Crippen LogP contribution in [0.2, 0.25) is 0 Å². The summed E-state index contributed by atoms with van der Waals surface area (Å²) in [6, 6.07) is 7.33. The molecule has 0 radical (unpaired) electrons. The largest absolute Gasteiger partial charge is 0.444 e. The predicted molar refractivity (Wildman–Crippen MR) is 240 cm³/mol. The number of nitrogens with one attached hydrogen (secondary N) is 3. The van der Waals surface area contributed by atoms with E-state index in [-0.39, 0.29) is 49.2 Å². The summed E-state index contributed by atoms with van der Waals surface area (Å²) in [7, 11) is 0. The monoisotopic (exact) mass is 893 g/mol. The van der Waals surface area contributed by atoms with Gasteiger partial charge in [-0.1, -0.05) is 24.3 Å². The number of carbonyl (C=O) groups excluding carboxylic acids is 5. The molecular formula is C46H61F2N7O9. The molecule has 0 aromatic heterocycles. The third-order valence-corrected chi connectivity index (χ3v) is 8.89. The molecule has 2 heterocycles. The minimum absolute atomic E-state index is 0.0181. The van der Waals surface area contributed by atoms with Crippen LogP contribution in [-0.2, 0) is 18.9 Å². The Kier molecular flexibility index (Phi) is 15.7. The van der Waals surface area contributed by atoms with E-state index >= 15 is 8.78 Å². The van der Waals surface area contributed by atoms with Crippen molar-refractivity contribution in [3.63, 3.8) is 0 Å². The number of ether oxygens (including phenoxy) is 4. The van der Waals surface area contributed by atoms with Gasteiger partial charge in [0.1, 0.15) is 34.0 Å². The Balaban J connectivity index is 1.46. The van der Waals surface area contributed by atoms with E-state index in [4.69, 9.17) is 18.9 Å². The number of guanidine groups is 2. The molecule has 2 aromatic rings. The molecule has 348 valence electrons. The summed E-state index contributed by atoms with van der Waals surface area (Å²) in [5, 5.41) is 7.66. The summed E-state index contributed by atoms with van der Waals surface area (Å²) < 4.78 is 52.7. The van der Waals surface area contributed by atoms with E-state index in [2.05, 4.69) is 25.9 Å². The van der Waals surface area contributed by atoms with Gasteiger partial charge < -0.3 is 34.1 Å². The number of hydrogen-bond acceptors (Lipinski definition) is 9. The number of aliphatic imine (C=N–C) groups is 2.